The van der Waals surface area contributed by atoms with Crippen LogP contribution in [0, 0.1) is 11.8 Å². The molecule has 24 heavy (non-hydrogen) atoms. The van der Waals surface area contributed by atoms with E-state index in [1.807, 2.05) is 6.07 Å². The summed E-state index contributed by atoms with van der Waals surface area (Å²) in [5.74, 6) is 0.625. The van der Waals surface area contributed by atoms with E-state index in [1.54, 1.807) is 0 Å². The molecule has 1 saturated heterocycles. The fraction of sp³-hybridized carbons (Fsp3) is 0.632. The zero-order valence-electron chi connectivity index (χ0n) is 14.1. The van der Waals surface area contributed by atoms with Crippen molar-refractivity contribution in [1.82, 2.24) is 5.32 Å². The molecular formula is C19H27BrN2O2. The second kappa shape index (κ2) is 7.98. The van der Waals surface area contributed by atoms with Gasteiger partial charge in [0, 0.05) is 35.6 Å². The second-order valence-corrected chi connectivity index (χ2v) is 8.07. The minimum Gasteiger partial charge on any atom is -0.381 e. The Hall–Kier alpha value is -0.910. The molecule has 1 aliphatic carbocycles. The predicted octanol–water partition coefficient (Wildman–Crippen LogP) is 2.99. The summed E-state index contributed by atoms with van der Waals surface area (Å²) in [6.45, 7) is 2.79. The first kappa shape index (κ1) is 17.9. The Balaban J connectivity index is 1.72. The molecule has 1 aromatic carbocycles. The number of hydrogen-bond acceptors (Lipinski definition) is 3. The number of amides is 1. The van der Waals surface area contributed by atoms with Crippen LogP contribution >= 0.6 is 15.9 Å². The number of nitrogens with two attached hydrogens (primary N) is 1. The van der Waals surface area contributed by atoms with Gasteiger partial charge >= 0.3 is 0 Å². The molecule has 132 valence electrons. The number of nitrogens with one attached hydrogen (secondary N) is 1. The van der Waals surface area contributed by atoms with Crippen LogP contribution in [0.25, 0.3) is 0 Å². The third kappa shape index (κ3) is 3.84. The van der Waals surface area contributed by atoms with Gasteiger partial charge in [0.05, 0.1) is 0 Å². The van der Waals surface area contributed by atoms with Crippen LogP contribution in [-0.4, -0.2) is 32.2 Å². The zero-order valence-corrected chi connectivity index (χ0v) is 15.7. The number of rotatable bonds is 5. The maximum Gasteiger partial charge on any atom is 0.223 e. The highest BCUT2D eigenvalue weighted by Gasteiger charge is 2.37. The smallest absolute Gasteiger partial charge is 0.223 e. The zero-order chi connectivity index (χ0) is 17.0. The maximum atomic E-state index is 12.7. The molecule has 2 atom stereocenters. The Morgan fingerprint density at radius 1 is 1.33 bits per heavy atom. The quantitative estimate of drug-likeness (QED) is 0.806. The highest BCUT2D eigenvalue weighted by Crippen LogP contribution is 2.36. The van der Waals surface area contributed by atoms with Crippen molar-refractivity contribution in [3.8, 4) is 0 Å². The summed E-state index contributed by atoms with van der Waals surface area (Å²) in [7, 11) is 0. The highest BCUT2D eigenvalue weighted by molar-refractivity contribution is 9.10. The summed E-state index contributed by atoms with van der Waals surface area (Å²) in [4.78, 5) is 12.7. The van der Waals surface area contributed by atoms with E-state index in [2.05, 4.69) is 39.4 Å². The van der Waals surface area contributed by atoms with Crippen LogP contribution in [0.15, 0.2) is 28.7 Å². The molecule has 1 saturated carbocycles. The molecule has 1 amide bonds. The lowest BCUT2D eigenvalue weighted by molar-refractivity contribution is -0.126. The minimum absolute atomic E-state index is 0.0332. The predicted molar refractivity (Wildman–Crippen MR) is 98.8 cm³/mol. The van der Waals surface area contributed by atoms with Gasteiger partial charge in [0.25, 0.3) is 0 Å². The van der Waals surface area contributed by atoms with Gasteiger partial charge in [-0.1, -0.05) is 34.5 Å². The molecule has 0 spiro atoms. The van der Waals surface area contributed by atoms with Crippen LogP contribution in [0.5, 0.6) is 0 Å². The van der Waals surface area contributed by atoms with E-state index in [9.17, 15) is 4.79 Å². The van der Waals surface area contributed by atoms with E-state index < -0.39 is 0 Å². The van der Waals surface area contributed by atoms with E-state index in [0.29, 0.717) is 19.0 Å². The molecule has 1 aliphatic heterocycles. The average molecular weight is 395 g/mol. The van der Waals surface area contributed by atoms with Crippen molar-refractivity contribution in [1.29, 1.82) is 0 Å². The van der Waals surface area contributed by atoms with Crippen molar-refractivity contribution >= 4 is 21.8 Å². The van der Waals surface area contributed by atoms with E-state index in [1.165, 1.54) is 5.56 Å². The summed E-state index contributed by atoms with van der Waals surface area (Å²) < 4.78 is 6.66. The van der Waals surface area contributed by atoms with Crippen LogP contribution in [0.3, 0.4) is 0 Å². The van der Waals surface area contributed by atoms with Crippen LogP contribution in [0.4, 0.5) is 0 Å². The van der Waals surface area contributed by atoms with Crippen LogP contribution in [0.2, 0.25) is 0 Å². The Bertz CT molecular complexity index is 572. The molecule has 3 N–H and O–H groups in total. The van der Waals surface area contributed by atoms with E-state index >= 15 is 0 Å². The molecule has 0 bridgehead atoms. The van der Waals surface area contributed by atoms with Crippen molar-refractivity contribution in [3.05, 3.63) is 34.3 Å². The Morgan fingerprint density at radius 3 is 2.83 bits per heavy atom. The topological polar surface area (TPSA) is 64.4 Å². The Kier molecular flexibility index (Phi) is 5.95. The van der Waals surface area contributed by atoms with Gasteiger partial charge in [-0.3, -0.25) is 4.79 Å². The van der Waals surface area contributed by atoms with Gasteiger partial charge in [0.2, 0.25) is 5.91 Å². The molecule has 0 radical (unpaired) electrons. The Morgan fingerprint density at radius 2 is 2.12 bits per heavy atom. The molecule has 1 aromatic rings. The van der Waals surface area contributed by atoms with E-state index in [-0.39, 0.29) is 17.2 Å². The monoisotopic (exact) mass is 394 g/mol. The molecule has 4 nitrogen and oxygen atoms in total. The molecule has 5 heteroatoms. The average Bonchev–Trinajstić information content (AvgIpc) is 3.09. The first-order valence-corrected chi connectivity index (χ1v) is 9.75. The first-order chi connectivity index (χ1) is 11.6. The van der Waals surface area contributed by atoms with Gasteiger partial charge in [0.15, 0.2) is 0 Å². The van der Waals surface area contributed by atoms with Crippen LogP contribution < -0.4 is 11.1 Å². The lowest BCUT2D eigenvalue weighted by Crippen LogP contribution is -2.46. The molecule has 2 fully saturated rings. The van der Waals surface area contributed by atoms with E-state index in [0.717, 1.165) is 49.8 Å². The number of benzene rings is 1. The van der Waals surface area contributed by atoms with Crippen molar-refractivity contribution in [3.63, 3.8) is 0 Å². The number of carbonyl (C=O) groups excluding carboxylic acids is 1. The lowest BCUT2D eigenvalue weighted by Gasteiger charge is -2.38. The summed E-state index contributed by atoms with van der Waals surface area (Å²) >= 11 is 3.57. The molecular weight excluding hydrogens is 368 g/mol. The van der Waals surface area contributed by atoms with E-state index in [4.69, 9.17) is 10.5 Å². The molecule has 0 aromatic heterocycles. The van der Waals surface area contributed by atoms with Crippen LogP contribution in [0.1, 0.15) is 37.7 Å². The number of carbonyl (C=O) groups is 1. The highest BCUT2D eigenvalue weighted by atomic mass is 79.9. The number of ether oxygens (including phenoxy) is 1. The largest absolute Gasteiger partial charge is 0.381 e. The van der Waals surface area contributed by atoms with Crippen molar-refractivity contribution < 1.29 is 9.53 Å². The van der Waals surface area contributed by atoms with Crippen molar-refractivity contribution in [2.75, 3.05) is 26.3 Å². The second-order valence-electron chi connectivity index (χ2n) is 7.15. The van der Waals surface area contributed by atoms with Crippen molar-refractivity contribution in [2.24, 2.45) is 17.6 Å². The summed E-state index contributed by atoms with van der Waals surface area (Å²) in [5, 5.41) is 3.25. The molecule has 2 aliphatic rings. The maximum absolute atomic E-state index is 12.7. The Labute approximate surface area is 152 Å². The molecule has 0 unspecified atom stereocenters. The fourth-order valence-electron chi connectivity index (χ4n) is 4.20. The van der Waals surface area contributed by atoms with Gasteiger partial charge in [-0.15, -0.1) is 0 Å². The van der Waals surface area contributed by atoms with Gasteiger partial charge < -0.3 is 15.8 Å². The summed E-state index contributed by atoms with van der Waals surface area (Å²) in [5.41, 5.74) is 7.08. The van der Waals surface area contributed by atoms with Gasteiger partial charge in [-0.2, -0.15) is 0 Å². The van der Waals surface area contributed by atoms with Gasteiger partial charge in [-0.25, -0.2) is 0 Å². The number of hydrogen-bond donors (Lipinski definition) is 2. The first-order valence-electron chi connectivity index (χ1n) is 8.96. The van der Waals surface area contributed by atoms with Gasteiger partial charge in [-0.05, 0) is 55.8 Å². The third-order valence-corrected chi connectivity index (χ3v) is 6.28. The number of halogens is 1. The van der Waals surface area contributed by atoms with Gasteiger partial charge in [0.1, 0.15) is 0 Å². The fourth-order valence-corrected chi connectivity index (χ4v) is 4.60. The minimum atomic E-state index is -0.0332. The standard InChI is InChI=1S/C19H27BrN2O2/c20-16-5-2-4-15(11-16)19(7-9-24-10-8-19)13-22-18(23)17-6-1-3-14(17)12-21/h2,4-5,11,14,17H,1,3,6-10,12-13,21H2,(H,22,23)/t14-,17-/m1/s1. The summed E-state index contributed by atoms with van der Waals surface area (Å²) in [6, 6.07) is 8.45. The molecule has 1 heterocycles. The third-order valence-electron chi connectivity index (χ3n) is 5.79. The van der Waals surface area contributed by atoms with Crippen molar-refractivity contribution in [2.45, 2.75) is 37.5 Å². The lowest BCUT2D eigenvalue weighted by atomic mass is 9.74. The SMILES string of the molecule is NC[C@H]1CCC[C@H]1C(=O)NCC1(c2cccc(Br)c2)CCOCC1. The molecule has 3 rings (SSSR count). The summed E-state index contributed by atoms with van der Waals surface area (Å²) in [6.07, 6.45) is 5.05. The normalized spacial score (nSPS) is 26.2. The van der Waals surface area contributed by atoms with Crippen LogP contribution in [-0.2, 0) is 14.9 Å².